The minimum Gasteiger partial charge on any atom is -0.493 e. The van der Waals surface area contributed by atoms with Crippen LogP contribution in [0.3, 0.4) is 0 Å². The van der Waals surface area contributed by atoms with Crippen LogP contribution in [-0.2, 0) is 21.4 Å². The number of methoxy groups -OCH3 is 1. The zero-order chi connectivity index (χ0) is 23.9. The fourth-order valence-electron chi connectivity index (χ4n) is 2.66. The number of ether oxygens (including phenoxy) is 3. The van der Waals surface area contributed by atoms with E-state index >= 15 is 0 Å². The van der Waals surface area contributed by atoms with Crippen molar-refractivity contribution in [3.8, 4) is 11.5 Å². The zero-order valence-electron chi connectivity index (χ0n) is 17.0. The largest absolute Gasteiger partial charge is 0.493 e. The van der Waals surface area contributed by atoms with E-state index in [1.54, 1.807) is 6.92 Å². The van der Waals surface area contributed by atoms with E-state index in [4.69, 9.17) is 9.47 Å². The average Bonchev–Trinajstić information content (AvgIpc) is 2.71. The predicted octanol–water partition coefficient (Wildman–Crippen LogP) is 3.71. The third kappa shape index (κ3) is 6.77. The van der Waals surface area contributed by atoms with Gasteiger partial charge in [0.15, 0.2) is 11.5 Å². The summed E-state index contributed by atoms with van der Waals surface area (Å²) in [6, 6.07) is 7.30. The average molecular weight is 474 g/mol. The van der Waals surface area contributed by atoms with E-state index in [0.717, 1.165) is 19.2 Å². The third-order valence-electron chi connectivity index (χ3n) is 3.98. The molecule has 2 aromatic carbocycles. The maximum Gasteiger partial charge on any atom is 0.387 e. The van der Waals surface area contributed by atoms with E-state index in [2.05, 4.69) is 9.46 Å². The SMILES string of the molecule is CCCS(=O)(=O)Nc1cccc(C(=O)OCc2cc(OC)c(OC(F)F)cc2[N+](=O)[O-])c1. The van der Waals surface area contributed by atoms with Gasteiger partial charge in [-0.1, -0.05) is 13.0 Å². The molecule has 0 amide bonds. The number of anilines is 1. The zero-order valence-corrected chi connectivity index (χ0v) is 17.9. The van der Waals surface area contributed by atoms with Crippen molar-refractivity contribution in [3.63, 3.8) is 0 Å². The van der Waals surface area contributed by atoms with Crippen molar-refractivity contribution in [2.45, 2.75) is 26.6 Å². The van der Waals surface area contributed by atoms with Crippen LogP contribution in [0, 0.1) is 10.1 Å². The summed E-state index contributed by atoms with van der Waals surface area (Å²) in [6.07, 6.45) is 0.403. The second-order valence-corrected chi connectivity index (χ2v) is 8.19. The van der Waals surface area contributed by atoms with Gasteiger partial charge in [0.1, 0.15) is 6.61 Å². The molecule has 0 aliphatic heterocycles. The van der Waals surface area contributed by atoms with E-state index in [1.165, 1.54) is 24.3 Å². The Labute approximate surface area is 182 Å². The van der Waals surface area contributed by atoms with E-state index in [1.807, 2.05) is 0 Å². The minimum absolute atomic E-state index is 0.00558. The fourth-order valence-corrected chi connectivity index (χ4v) is 3.79. The molecule has 32 heavy (non-hydrogen) atoms. The number of alkyl halides is 2. The molecular formula is C19H20F2N2O8S. The van der Waals surface area contributed by atoms with Gasteiger partial charge in [-0.25, -0.2) is 13.2 Å². The second-order valence-electron chi connectivity index (χ2n) is 6.35. The van der Waals surface area contributed by atoms with Gasteiger partial charge >= 0.3 is 12.6 Å². The van der Waals surface area contributed by atoms with Gasteiger partial charge in [-0.3, -0.25) is 14.8 Å². The van der Waals surface area contributed by atoms with Crippen molar-refractivity contribution >= 4 is 27.4 Å². The lowest BCUT2D eigenvalue weighted by Gasteiger charge is -2.13. The molecule has 10 nitrogen and oxygen atoms in total. The molecule has 0 aliphatic carbocycles. The van der Waals surface area contributed by atoms with E-state index in [-0.39, 0.29) is 28.3 Å². The van der Waals surface area contributed by atoms with Crippen LogP contribution in [0.2, 0.25) is 0 Å². The van der Waals surface area contributed by atoms with Gasteiger partial charge in [-0.05, 0) is 30.7 Å². The molecule has 2 aromatic rings. The third-order valence-corrected chi connectivity index (χ3v) is 5.47. The number of nitro benzene ring substituents is 1. The summed E-state index contributed by atoms with van der Waals surface area (Å²) in [6.45, 7) is -2.10. The maximum atomic E-state index is 12.5. The van der Waals surface area contributed by atoms with Crippen LogP contribution >= 0.6 is 0 Å². The van der Waals surface area contributed by atoms with Crippen LogP contribution in [0.4, 0.5) is 20.2 Å². The van der Waals surface area contributed by atoms with E-state index in [0.29, 0.717) is 6.42 Å². The number of hydrogen-bond acceptors (Lipinski definition) is 8. The summed E-state index contributed by atoms with van der Waals surface area (Å²) in [4.78, 5) is 22.9. The Morgan fingerprint density at radius 3 is 2.53 bits per heavy atom. The molecule has 0 aromatic heterocycles. The van der Waals surface area contributed by atoms with E-state index < -0.39 is 45.6 Å². The monoisotopic (exact) mass is 474 g/mol. The summed E-state index contributed by atoms with van der Waals surface area (Å²) in [5.41, 5.74) is -0.597. The summed E-state index contributed by atoms with van der Waals surface area (Å²) < 4.78 is 65.4. The van der Waals surface area contributed by atoms with Gasteiger partial charge in [0.2, 0.25) is 10.0 Å². The van der Waals surface area contributed by atoms with Crippen molar-refractivity contribution < 1.29 is 41.1 Å². The van der Waals surface area contributed by atoms with Crippen LogP contribution in [0.5, 0.6) is 11.5 Å². The second kappa shape index (κ2) is 10.7. The van der Waals surface area contributed by atoms with Crippen molar-refractivity contribution in [2.75, 3.05) is 17.6 Å². The first kappa shape index (κ1) is 24.8. The molecule has 0 heterocycles. The molecule has 13 heteroatoms. The van der Waals surface area contributed by atoms with Gasteiger partial charge in [0.05, 0.1) is 35.0 Å². The van der Waals surface area contributed by atoms with E-state index in [9.17, 15) is 32.1 Å². The lowest BCUT2D eigenvalue weighted by molar-refractivity contribution is -0.386. The highest BCUT2D eigenvalue weighted by molar-refractivity contribution is 7.92. The molecule has 1 N–H and O–H groups in total. The number of benzene rings is 2. The van der Waals surface area contributed by atoms with Crippen LogP contribution in [0.25, 0.3) is 0 Å². The minimum atomic E-state index is -3.57. The molecule has 0 radical (unpaired) electrons. The number of halogens is 2. The summed E-state index contributed by atoms with van der Waals surface area (Å²) in [7, 11) is -2.42. The highest BCUT2D eigenvalue weighted by Gasteiger charge is 2.23. The smallest absolute Gasteiger partial charge is 0.387 e. The molecule has 0 fully saturated rings. The van der Waals surface area contributed by atoms with Crippen molar-refractivity contribution in [1.82, 2.24) is 0 Å². The van der Waals surface area contributed by atoms with Gasteiger partial charge in [-0.15, -0.1) is 0 Å². The summed E-state index contributed by atoms with van der Waals surface area (Å²) in [5.74, 6) is -1.74. The Balaban J connectivity index is 2.22. The predicted molar refractivity (Wildman–Crippen MR) is 110 cm³/mol. The molecule has 0 unspecified atom stereocenters. The number of nitrogens with zero attached hydrogens (tertiary/aromatic N) is 1. The van der Waals surface area contributed by atoms with Gasteiger partial charge in [-0.2, -0.15) is 8.78 Å². The number of nitro groups is 1. The summed E-state index contributed by atoms with van der Waals surface area (Å²) >= 11 is 0. The Morgan fingerprint density at radius 2 is 1.94 bits per heavy atom. The van der Waals surface area contributed by atoms with Crippen molar-refractivity contribution in [2.24, 2.45) is 0 Å². The van der Waals surface area contributed by atoms with Crippen LogP contribution in [0.15, 0.2) is 36.4 Å². The standard InChI is InChI=1S/C19H20F2N2O8S/c1-3-7-32(27,28)22-14-6-4-5-12(8-14)18(24)30-11-13-9-16(29-2)17(31-19(20)21)10-15(13)23(25)26/h4-6,8-10,19,22H,3,7,11H2,1-2H3. The molecule has 0 saturated carbocycles. The Hall–Kier alpha value is -3.48. The highest BCUT2D eigenvalue weighted by Crippen LogP contribution is 2.36. The van der Waals surface area contributed by atoms with Crippen LogP contribution in [0.1, 0.15) is 29.3 Å². The molecule has 2 rings (SSSR count). The van der Waals surface area contributed by atoms with Crippen LogP contribution in [-0.4, -0.2) is 38.8 Å². The first-order valence-electron chi connectivity index (χ1n) is 9.14. The van der Waals surface area contributed by atoms with Gasteiger partial charge < -0.3 is 14.2 Å². The maximum absolute atomic E-state index is 12.5. The number of esters is 1. The lowest BCUT2D eigenvalue weighted by atomic mass is 10.1. The molecule has 0 spiro atoms. The van der Waals surface area contributed by atoms with Crippen molar-refractivity contribution in [1.29, 1.82) is 0 Å². The lowest BCUT2D eigenvalue weighted by Crippen LogP contribution is -2.16. The van der Waals surface area contributed by atoms with Gasteiger partial charge in [0, 0.05) is 5.69 Å². The highest BCUT2D eigenvalue weighted by atomic mass is 32.2. The van der Waals surface area contributed by atoms with Crippen molar-refractivity contribution in [3.05, 3.63) is 57.6 Å². The molecule has 174 valence electrons. The quantitative estimate of drug-likeness (QED) is 0.296. The van der Waals surface area contributed by atoms with Gasteiger partial charge in [0.25, 0.3) is 5.69 Å². The first-order valence-corrected chi connectivity index (χ1v) is 10.8. The topological polar surface area (TPSA) is 134 Å². The number of carbonyl (C=O) groups is 1. The Bertz CT molecular complexity index is 1090. The number of carbonyl (C=O) groups excluding carboxylic acids is 1. The molecule has 0 aliphatic rings. The van der Waals surface area contributed by atoms with Crippen LogP contribution < -0.4 is 14.2 Å². The number of nitrogens with one attached hydrogen (secondary N) is 1. The Morgan fingerprint density at radius 1 is 1.22 bits per heavy atom. The molecule has 0 bridgehead atoms. The number of hydrogen-bond donors (Lipinski definition) is 1. The normalized spacial score (nSPS) is 11.2. The number of rotatable bonds is 11. The molecular weight excluding hydrogens is 454 g/mol. The first-order chi connectivity index (χ1) is 15.1. The number of sulfonamides is 1. The molecule has 0 atom stereocenters. The summed E-state index contributed by atoms with van der Waals surface area (Å²) in [5, 5.41) is 11.3. The molecule has 0 saturated heterocycles. The Kier molecular flexibility index (Phi) is 8.29. The fraction of sp³-hybridized carbons (Fsp3) is 0.316.